The Morgan fingerprint density at radius 3 is 2.85 bits per heavy atom. The normalized spacial score (nSPS) is 15.0. The van der Waals surface area contributed by atoms with Gasteiger partial charge < -0.3 is 14.5 Å². The average Bonchev–Trinajstić information content (AvgIpc) is 3.13. The van der Waals surface area contributed by atoms with E-state index in [-0.39, 0.29) is 23.7 Å². The minimum Gasteiger partial charge on any atom is -0.441 e. The van der Waals surface area contributed by atoms with E-state index in [9.17, 15) is 13.6 Å². The Bertz CT molecular complexity index is 760. The minimum atomic E-state index is -0.712. The molecule has 2 heterocycles. The van der Waals surface area contributed by atoms with Gasteiger partial charge in [-0.2, -0.15) is 0 Å². The molecule has 0 spiro atoms. The number of nitrogens with one attached hydrogen (secondary N) is 1. The molecule has 8 heteroatoms. The van der Waals surface area contributed by atoms with E-state index >= 15 is 0 Å². The fourth-order valence-corrected chi connectivity index (χ4v) is 2.90. The van der Waals surface area contributed by atoms with Crippen LogP contribution >= 0.6 is 0 Å². The fraction of sp³-hybridized carbons (Fsp3) is 0.474. The number of carbonyl (C=O) groups is 1. The van der Waals surface area contributed by atoms with E-state index < -0.39 is 11.6 Å². The highest BCUT2D eigenvalue weighted by Gasteiger charge is 2.13. The monoisotopic (exact) mass is 379 g/mol. The maximum absolute atomic E-state index is 13.8. The Balaban J connectivity index is 1.38. The fourth-order valence-electron chi connectivity index (χ4n) is 2.90. The first-order chi connectivity index (χ1) is 13.1. The number of amides is 1. The van der Waals surface area contributed by atoms with Crippen molar-refractivity contribution in [2.24, 2.45) is 0 Å². The number of oxazole rings is 1. The van der Waals surface area contributed by atoms with Crippen molar-refractivity contribution in [2.75, 3.05) is 39.4 Å². The van der Waals surface area contributed by atoms with Gasteiger partial charge in [-0.25, -0.2) is 13.8 Å². The molecule has 0 bridgehead atoms. The van der Waals surface area contributed by atoms with Crippen molar-refractivity contribution >= 4 is 5.91 Å². The SMILES string of the molecule is O=C(CCc1ncc(-c2ccc(F)cc2F)o1)NCCCN1CCOCC1. The molecular formula is C19H23F2N3O3. The van der Waals surface area contributed by atoms with E-state index in [1.54, 1.807) is 0 Å². The molecule has 2 aromatic rings. The summed E-state index contributed by atoms with van der Waals surface area (Å²) in [5.41, 5.74) is 0.141. The predicted molar refractivity (Wildman–Crippen MR) is 95.1 cm³/mol. The van der Waals surface area contributed by atoms with Crippen molar-refractivity contribution < 1.29 is 22.7 Å². The van der Waals surface area contributed by atoms with Crippen molar-refractivity contribution in [3.63, 3.8) is 0 Å². The van der Waals surface area contributed by atoms with Gasteiger partial charge >= 0.3 is 0 Å². The molecule has 1 amide bonds. The number of carbonyl (C=O) groups excluding carboxylic acids is 1. The zero-order valence-electron chi connectivity index (χ0n) is 15.0. The summed E-state index contributed by atoms with van der Waals surface area (Å²) in [4.78, 5) is 18.3. The lowest BCUT2D eigenvalue weighted by Gasteiger charge is -2.26. The number of aromatic nitrogens is 1. The molecule has 6 nitrogen and oxygen atoms in total. The van der Waals surface area contributed by atoms with Crippen LogP contribution < -0.4 is 5.32 Å². The van der Waals surface area contributed by atoms with E-state index in [0.29, 0.717) is 18.9 Å². The highest BCUT2D eigenvalue weighted by Crippen LogP contribution is 2.24. The first kappa shape index (κ1) is 19.4. The Hall–Kier alpha value is -2.32. The summed E-state index contributed by atoms with van der Waals surface area (Å²) >= 11 is 0. The Morgan fingerprint density at radius 1 is 1.26 bits per heavy atom. The third-order valence-electron chi connectivity index (χ3n) is 4.39. The van der Waals surface area contributed by atoms with Crippen LogP contribution in [0.4, 0.5) is 8.78 Å². The van der Waals surface area contributed by atoms with Crippen LogP contribution in [-0.2, 0) is 16.0 Å². The maximum Gasteiger partial charge on any atom is 0.220 e. The Morgan fingerprint density at radius 2 is 2.07 bits per heavy atom. The van der Waals surface area contributed by atoms with E-state index in [2.05, 4.69) is 15.2 Å². The lowest BCUT2D eigenvalue weighted by molar-refractivity contribution is -0.121. The molecule has 1 fully saturated rings. The van der Waals surface area contributed by atoms with Crippen LogP contribution in [0.3, 0.4) is 0 Å². The second-order valence-corrected chi connectivity index (χ2v) is 6.40. The number of morpholine rings is 1. The molecule has 1 aromatic heterocycles. The van der Waals surface area contributed by atoms with Crippen LogP contribution in [0, 0.1) is 11.6 Å². The molecule has 146 valence electrons. The summed E-state index contributed by atoms with van der Waals surface area (Å²) in [7, 11) is 0. The number of benzene rings is 1. The van der Waals surface area contributed by atoms with Crippen LogP contribution in [0.5, 0.6) is 0 Å². The lowest BCUT2D eigenvalue weighted by atomic mass is 10.2. The largest absolute Gasteiger partial charge is 0.441 e. The van der Waals surface area contributed by atoms with Crippen molar-refractivity contribution in [3.8, 4) is 11.3 Å². The van der Waals surface area contributed by atoms with Crippen LogP contribution in [0.1, 0.15) is 18.7 Å². The molecule has 0 saturated carbocycles. The first-order valence-corrected chi connectivity index (χ1v) is 9.09. The standard InChI is InChI=1S/C19H23F2N3O3/c20-14-2-3-15(16(21)12-14)17-13-23-19(27-17)5-4-18(25)22-6-1-7-24-8-10-26-11-9-24/h2-3,12-13H,1,4-11H2,(H,22,25). The van der Waals surface area contributed by atoms with E-state index in [4.69, 9.17) is 9.15 Å². The number of aryl methyl sites for hydroxylation is 1. The Kier molecular flexibility index (Phi) is 6.89. The Labute approximate surface area is 156 Å². The van der Waals surface area contributed by atoms with Gasteiger partial charge in [-0.15, -0.1) is 0 Å². The highest BCUT2D eigenvalue weighted by atomic mass is 19.1. The van der Waals surface area contributed by atoms with Crippen molar-refractivity contribution in [1.29, 1.82) is 0 Å². The van der Waals surface area contributed by atoms with Gasteiger partial charge in [0.05, 0.1) is 25.0 Å². The third kappa shape index (κ3) is 5.83. The first-order valence-electron chi connectivity index (χ1n) is 9.09. The topological polar surface area (TPSA) is 67.6 Å². The van der Waals surface area contributed by atoms with E-state index in [1.807, 2.05) is 0 Å². The molecule has 1 aliphatic heterocycles. The second-order valence-electron chi connectivity index (χ2n) is 6.40. The van der Waals surface area contributed by atoms with Gasteiger partial charge in [-0.1, -0.05) is 0 Å². The average molecular weight is 379 g/mol. The van der Waals surface area contributed by atoms with Crippen LogP contribution in [0.2, 0.25) is 0 Å². The van der Waals surface area contributed by atoms with Crippen molar-refractivity contribution in [1.82, 2.24) is 15.2 Å². The molecule has 0 unspecified atom stereocenters. The molecule has 0 radical (unpaired) electrons. The smallest absolute Gasteiger partial charge is 0.220 e. The van der Waals surface area contributed by atoms with Gasteiger partial charge in [-0.05, 0) is 25.1 Å². The van der Waals surface area contributed by atoms with Gasteiger partial charge in [0, 0.05) is 38.5 Å². The van der Waals surface area contributed by atoms with E-state index in [1.165, 1.54) is 12.3 Å². The number of halogens is 2. The number of rotatable bonds is 8. The number of nitrogens with zero attached hydrogens (tertiary/aromatic N) is 2. The molecular weight excluding hydrogens is 356 g/mol. The molecule has 1 aromatic carbocycles. The molecule has 1 aliphatic rings. The molecule has 1 saturated heterocycles. The number of ether oxygens (including phenoxy) is 1. The summed E-state index contributed by atoms with van der Waals surface area (Å²) < 4.78 is 37.5. The molecule has 3 rings (SSSR count). The van der Waals surface area contributed by atoms with Crippen LogP contribution in [-0.4, -0.2) is 55.2 Å². The molecule has 27 heavy (non-hydrogen) atoms. The molecule has 0 aliphatic carbocycles. The van der Waals surface area contributed by atoms with Gasteiger partial charge in [0.1, 0.15) is 11.6 Å². The van der Waals surface area contributed by atoms with Crippen molar-refractivity contribution in [3.05, 3.63) is 41.9 Å². The van der Waals surface area contributed by atoms with Gasteiger partial charge in [0.2, 0.25) is 5.91 Å². The van der Waals surface area contributed by atoms with Crippen LogP contribution in [0.25, 0.3) is 11.3 Å². The number of hydrogen-bond acceptors (Lipinski definition) is 5. The second kappa shape index (κ2) is 9.57. The summed E-state index contributed by atoms with van der Waals surface area (Å²) in [6, 6.07) is 3.25. The minimum absolute atomic E-state index is 0.0790. The quantitative estimate of drug-likeness (QED) is 0.714. The zero-order valence-corrected chi connectivity index (χ0v) is 15.0. The van der Waals surface area contributed by atoms with Crippen molar-refractivity contribution in [2.45, 2.75) is 19.3 Å². The highest BCUT2D eigenvalue weighted by molar-refractivity contribution is 5.76. The van der Waals surface area contributed by atoms with Gasteiger partial charge in [-0.3, -0.25) is 9.69 Å². The number of hydrogen-bond donors (Lipinski definition) is 1. The van der Waals surface area contributed by atoms with E-state index in [0.717, 1.165) is 51.4 Å². The maximum atomic E-state index is 13.8. The van der Waals surface area contributed by atoms with Crippen LogP contribution in [0.15, 0.2) is 28.8 Å². The summed E-state index contributed by atoms with van der Waals surface area (Å²) in [6.07, 6.45) is 2.83. The van der Waals surface area contributed by atoms with Gasteiger partial charge in [0.15, 0.2) is 11.7 Å². The summed E-state index contributed by atoms with van der Waals surface area (Å²) in [5, 5.41) is 2.88. The summed E-state index contributed by atoms with van der Waals surface area (Å²) in [6.45, 7) is 4.98. The molecule has 0 atom stereocenters. The predicted octanol–water partition coefficient (Wildman–Crippen LogP) is 2.39. The lowest BCUT2D eigenvalue weighted by Crippen LogP contribution is -2.38. The zero-order chi connectivity index (χ0) is 19.1. The molecule has 1 N–H and O–H groups in total. The summed E-state index contributed by atoms with van der Waals surface area (Å²) in [5.74, 6) is -0.882. The van der Waals surface area contributed by atoms with Gasteiger partial charge in [0.25, 0.3) is 0 Å². The third-order valence-corrected chi connectivity index (χ3v) is 4.39.